The maximum absolute atomic E-state index is 13.6. The topological polar surface area (TPSA) is 94.1 Å². The monoisotopic (exact) mass is 586 g/mol. The summed E-state index contributed by atoms with van der Waals surface area (Å²) in [5, 5.41) is 17.9. The van der Waals surface area contributed by atoms with Crippen LogP contribution in [-0.4, -0.2) is 72.3 Å². The molecule has 1 heterocycles. The first-order valence-corrected chi connectivity index (χ1v) is 15.7. The molecular weight excluding hydrogens is 540 g/mol. The number of urea groups is 1. The van der Waals surface area contributed by atoms with Crippen LogP contribution in [0.3, 0.4) is 0 Å². The number of nitrogens with one attached hydrogen (secondary N) is 2. The van der Waals surface area contributed by atoms with Gasteiger partial charge in [-0.15, -0.1) is 0 Å². The molecule has 3 aromatic carbocycles. The Kier molecular flexibility index (Phi) is 10.2. The number of carbonyl (C=O) groups excluding carboxylic acids is 2. The second-order valence-corrected chi connectivity index (χ2v) is 12.5. The third kappa shape index (κ3) is 7.86. The highest BCUT2D eigenvalue weighted by Crippen LogP contribution is 2.30. The zero-order chi connectivity index (χ0) is 30.3. The van der Waals surface area contributed by atoms with Gasteiger partial charge in [0.05, 0.1) is 24.8 Å². The third-order valence-electron chi connectivity index (χ3n) is 9.00. The van der Waals surface area contributed by atoms with Crippen LogP contribution >= 0.6 is 0 Å². The molecule has 5 rings (SSSR count). The van der Waals surface area contributed by atoms with Gasteiger partial charge in [-0.3, -0.25) is 4.79 Å². The van der Waals surface area contributed by atoms with Gasteiger partial charge in [0, 0.05) is 42.2 Å². The molecule has 230 valence electrons. The second kappa shape index (κ2) is 14.2. The number of ether oxygens (including phenoxy) is 1. The smallest absolute Gasteiger partial charge is 0.323 e. The van der Waals surface area contributed by atoms with Crippen LogP contribution in [0.15, 0.2) is 60.7 Å². The minimum atomic E-state index is -0.363. The number of rotatable bonds is 8. The predicted molar refractivity (Wildman–Crippen MR) is 173 cm³/mol. The summed E-state index contributed by atoms with van der Waals surface area (Å²) in [6, 6.07) is 18.6. The van der Waals surface area contributed by atoms with Crippen LogP contribution in [0.2, 0.25) is 0 Å². The number of nitrogens with zero attached hydrogens (tertiary/aromatic N) is 2. The number of fused-ring (bicyclic) bond motifs is 2. The average Bonchev–Trinajstić information content (AvgIpc) is 3.04. The molecule has 0 saturated heterocycles. The van der Waals surface area contributed by atoms with E-state index in [1.54, 1.807) is 4.90 Å². The molecule has 1 saturated carbocycles. The van der Waals surface area contributed by atoms with E-state index in [9.17, 15) is 14.7 Å². The Bertz CT molecular complexity index is 1400. The normalized spacial score (nSPS) is 20.5. The molecule has 3 N–H and O–H groups in total. The number of amides is 3. The van der Waals surface area contributed by atoms with Crippen molar-refractivity contribution < 1.29 is 19.4 Å². The van der Waals surface area contributed by atoms with Gasteiger partial charge >= 0.3 is 6.03 Å². The quantitative estimate of drug-likeness (QED) is 0.295. The summed E-state index contributed by atoms with van der Waals surface area (Å²) in [7, 11) is 2.17. The van der Waals surface area contributed by atoms with Crippen LogP contribution in [0.5, 0.6) is 5.75 Å². The Morgan fingerprint density at radius 3 is 2.60 bits per heavy atom. The van der Waals surface area contributed by atoms with Crippen molar-refractivity contribution in [2.24, 2.45) is 11.8 Å². The lowest BCUT2D eigenvalue weighted by Gasteiger charge is -2.35. The molecule has 1 aliphatic carbocycles. The van der Waals surface area contributed by atoms with Crippen molar-refractivity contribution >= 4 is 34.1 Å². The number of aliphatic hydroxyl groups excluding tert-OH is 1. The van der Waals surface area contributed by atoms with Gasteiger partial charge in [0.15, 0.2) is 0 Å². The van der Waals surface area contributed by atoms with Crippen molar-refractivity contribution in [3.05, 3.63) is 66.2 Å². The summed E-state index contributed by atoms with van der Waals surface area (Å²) in [6.45, 7) is 6.21. The molecule has 1 aliphatic heterocycles. The molecule has 0 bridgehead atoms. The van der Waals surface area contributed by atoms with E-state index in [1.807, 2.05) is 67.6 Å². The van der Waals surface area contributed by atoms with Crippen molar-refractivity contribution in [1.29, 1.82) is 0 Å². The molecule has 2 aliphatic rings. The SMILES string of the molecule is C[C@H](CO)N1C[C@H](C)[C@H](CN(C)CC2CCCCC2)Oc2ccc(NC(=O)Nc3cccc4ccccc34)cc2CC1=O. The summed E-state index contributed by atoms with van der Waals surface area (Å²) in [4.78, 5) is 30.8. The first kappa shape index (κ1) is 30.8. The molecule has 43 heavy (non-hydrogen) atoms. The number of carbonyl (C=O) groups is 2. The highest BCUT2D eigenvalue weighted by Gasteiger charge is 2.31. The fourth-order valence-corrected chi connectivity index (χ4v) is 6.54. The van der Waals surface area contributed by atoms with Gasteiger partial charge in [-0.2, -0.15) is 0 Å². The molecule has 8 nitrogen and oxygen atoms in total. The summed E-state index contributed by atoms with van der Waals surface area (Å²) >= 11 is 0. The van der Waals surface area contributed by atoms with Crippen LogP contribution in [0, 0.1) is 11.8 Å². The fourth-order valence-electron chi connectivity index (χ4n) is 6.54. The Labute approximate surface area is 255 Å². The maximum atomic E-state index is 13.6. The fraction of sp³-hybridized carbons (Fsp3) is 0.486. The molecule has 1 fully saturated rings. The van der Waals surface area contributed by atoms with Gasteiger partial charge in [0.2, 0.25) is 5.91 Å². The lowest BCUT2D eigenvalue weighted by molar-refractivity contribution is -0.134. The number of likely N-dealkylation sites (N-methyl/N-ethyl adjacent to an activating group) is 1. The summed E-state index contributed by atoms with van der Waals surface area (Å²) in [5.74, 6) is 1.38. The van der Waals surface area contributed by atoms with Crippen molar-refractivity contribution in [3.63, 3.8) is 0 Å². The van der Waals surface area contributed by atoms with E-state index in [0.717, 1.165) is 41.0 Å². The lowest BCUT2D eigenvalue weighted by Crippen LogP contribution is -2.48. The number of aliphatic hydroxyl groups is 1. The van der Waals surface area contributed by atoms with E-state index in [2.05, 4.69) is 29.5 Å². The zero-order valence-electron chi connectivity index (χ0n) is 25.7. The van der Waals surface area contributed by atoms with Crippen molar-refractivity contribution in [1.82, 2.24) is 9.80 Å². The van der Waals surface area contributed by atoms with Crippen molar-refractivity contribution in [2.45, 2.75) is 64.5 Å². The highest BCUT2D eigenvalue weighted by molar-refractivity contribution is 6.06. The van der Waals surface area contributed by atoms with Gasteiger partial charge in [-0.25, -0.2) is 4.79 Å². The minimum Gasteiger partial charge on any atom is -0.488 e. The van der Waals surface area contributed by atoms with E-state index >= 15 is 0 Å². The molecule has 0 radical (unpaired) electrons. The minimum absolute atomic E-state index is 0.0574. The third-order valence-corrected chi connectivity index (χ3v) is 9.00. The Balaban J connectivity index is 1.35. The number of hydrogen-bond acceptors (Lipinski definition) is 5. The van der Waals surface area contributed by atoms with E-state index in [4.69, 9.17) is 4.74 Å². The predicted octanol–water partition coefficient (Wildman–Crippen LogP) is 6.14. The van der Waals surface area contributed by atoms with Crippen LogP contribution < -0.4 is 15.4 Å². The molecule has 0 spiro atoms. The average molecular weight is 587 g/mol. The summed E-state index contributed by atoms with van der Waals surface area (Å²) in [6.07, 6.45) is 6.53. The molecule has 3 amide bonds. The van der Waals surface area contributed by atoms with Crippen LogP contribution in [-0.2, 0) is 11.2 Å². The molecule has 0 aromatic heterocycles. The van der Waals surface area contributed by atoms with E-state index in [1.165, 1.54) is 32.1 Å². The summed E-state index contributed by atoms with van der Waals surface area (Å²) in [5.41, 5.74) is 2.02. The Morgan fingerprint density at radius 2 is 1.81 bits per heavy atom. The zero-order valence-corrected chi connectivity index (χ0v) is 25.7. The lowest BCUT2D eigenvalue weighted by atomic mass is 9.89. The van der Waals surface area contributed by atoms with Gasteiger partial charge < -0.3 is 30.3 Å². The first-order valence-electron chi connectivity index (χ1n) is 15.7. The number of anilines is 2. The first-order chi connectivity index (χ1) is 20.8. The van der Waals surface area contributed by atoms with Crippen molar-refractivity contribution in [3.8, 4) is 5.75 Å². The maximum Gasteiger partial charge on any atom is 0.323 e. The second-order valence-electron chi connectivity index (χ2n) is 12.5. The van der Waals surface area contributed by atoms with Crippen LogP contribution in [0.1, 0.15) is 51.5 Å². The van der Waals surface area contributed by atoms with E-state index in [-0.39, 0.29) is 43.0 Å². The number of hydrogen-bond donors (Lipinski definition) is 3. The van der Waals surface area contributed by atoms with Crippen molar-refractivity contribution in [2.75, 3.05) is 43.9 Å². The number of benzene rings is 3. The molecular formula is C35H46N4O4. The molecule has 3 atom stereocenters. The van der Waals surface area contributed by atoms with Gasteiger partial charge in [-0.1, -0.05) is 62.6 Å². The largest absolute Gasteiger partial charge is 0.488 e. The van der Waals surface area contributed by atoms with Gasteiger partial charge in [-0.05, 0) is 62.4 Å². The highest BCUT2D eigenvalue weighted by atomic mass is 16.5. The molecule has 8 heteroatoms. The Hall–Kier alpha value is -3.62. The molecule has 0 unspecified atom stereocenters. The summed E-state index contributed by atoms with van der Waals surface area (Å²) < 4.78 is 6.69. The Morgan fingerprint density at radius 1 is 1.05 bits per heavy atom. The van der Waals surface area contributed by atoms with Crippen LogP contribution in [0.25, 0.3) is 10.8 Å². The van der Waals surface area contributed by atoms with E-state index < -0.39 is 0 Å². The molecule has 3 aromatic rings. The van der Waals surface area contributed by atoms with E-state index in [0.29, 0.717) is 18.0 Å². The van der Waals surface area contributed by atoms with Crippen LogP contribution in [0.4, 0.5) is 16.2 Å². The van der Waals surface area contributed by atoms with Gasteiger partial charge in [0.25, 0.3) is 0 Å². The van der Waals surface area contributed by atoms with Gasteiger partial charge in [0.1, 0.15) is 11.9 Å². The standard InChI is InChI=1S/C35H46N4O4/c1-24-20-39(25(2)23-40)34(41)19-28-18-29(36-35(42)37-31-15-9-13-27-12-7-8-14-30(27)31)16-17-32(28)43-33(24)22-38(3)21-26-10-5-4-6-11-26/h7-9,12-18,24-26,33,40H,4-6,10-11,19-23H2,1-3H3,(H2,36,37,42)/t24-,25+,33-/m0/s1.